The van der Waals surface area contributed by atoms with Gasteiger partial charge in [0.2, 0.25) is 5.91 Å². The van der Waals surface area contributed by atoms with Gasteiger partial charge in [-0.05, 0) is 44.1 Å². The third-order valence-electron chi connectivity index (χ3n) is 5.26. The molecule has 1 saturated heterocycles. The van der Waals surface area contributed by atoms with Crippen LogP contribution in [0.4, 0.5) is 0 Å². The van der Waals surface area contributed by atoms with E-state index >= 15 is 0 Å². The summed E-state index contributed by atoms with van der Waals surface area (Å²) in [6, 6.07) is 10.4. The van der Waals surface area contributed by atoms with E-state index in [2.05, 4.69) is 12.1 Å². The van der Waals surface area contributed by atoms with Crippen LogP contribution in [-0.4, -0.2) is 45.0 Å². The number of carbonyl (C=O) groups is 2. The molecule has 2 atom stereocenters. The number of unbranched alkanes of at least 4 members (excludes halogenated alkanes) is 3. The number of carboxylic acid groups (broad SMARTS) is 1. The molecule has 156 valence electrons. The number of piperidine rings is 1. The quantitative estimate of drug-likeness (QED) is 0.373. The Morgan fingerprint density at radius 3 is 2.68 bits per heavy atom. The van der Waals surface area contributed by atoms with Gasteiger partial charge < -0.3 is 15.1 Å². The van der Waals surface area contributed by atoms with E-state index in [1.165, 1.54) is 5.56 Å². The zero-order valence-electron chi connectivity index (χ0n) is 16.6. The predicted octanol–water partition coefficient (Wildman–Crippen LogP) is 4.43. The molecule has 0 saturated carbocycles. The zero-order valence-corrected chi connectivity index (χ0v) is 17.4. The summed E-state index contributed by atoms with van der Waals surface area (Å²) in [6.45, 7) is 0.754. The second kappa shape index (κ2) is 12.8. The highest BCUT2D eigenvalue weighted by molar-refractivity contribution is 7.98. The summed E-state index contributed by atoms with van der Waals surface area (Å²) < 4.78 is 0. The fourth-order valence-electron chi connectivity index (χ4n) is 3.70. The van der Waals surface area contributed by atoms with Gasteiger partial charge in [0.1, 0.15) is 0 Å². The summed E-state index contributed by atoms with van der Waals surface area (Å²) in [7, 11) is 0. The highest BCUT2D eigenvalue weighted by Gasteiger charge is 2.27. The lowest BCUT2D eigenvalue weighted by molar-refractivity contribution is -0.137. The first-order valence-electron chi connectivity index (χ1n) is 10.4. The molecular formula is C22H33NO4S. The van der Waals surface area contributed by atoms with Crippen molar-refractivity contribution in [2.24, 2.45) is 0 Å². The molecule has 1 aliphatic heterocycles. The Hall–Kier alpha value is -1.53. The molecule has 6 heteroatoms. The van der Waals surface area contributed by atoms with Gasteiger partial charge in [-0.25, -0.2) is 0 Å². The smallest absolute Gasteiger partial charge is 0.303 e. The molecule has 1 aromatic carbocycles. The highest BCUT2D eigenvalue weighted by Crippen LogP contribution is 2.26. The lowest BCUT2D eigenvalue weighted by Gasteiger charge is -2.36. The van der Waals surface area contributed by atoms with Crippen LogP contribution in [0.3, 0.4) is 0 Å². The van der Waals surface area contributed by atoms with Crippen molar-refractivity contribution >= 4 is 23.6 Å². The number of benzene rings is 1. The van der Waals surface area contributed by atoms with Crippen LogP contribution in [0.1, 0.15) is 69.8 Å². The molecule has 0 aromatic heterocycles. The van der Waals surface area contributed by atoms with E-state index in [-0.39, 0.29) is 18.4 Å². The number of nitrogens with zero attached hydrogens (tertiary/aromatic N) is 1. The molecule has 0 aliphatic carbocycles. The molecule has 5 nitrogen and oxygen atoms in total. The van der Waals surface area contributed by atoms with Crippen molar-refractivity contribution < 1.29 is 19.8 Å². The minimum absolute atomic E-state index is 0.226. The fourth-order valence-corrected chi connectivity index (χ4v) is 4.58. The Balaban J connectivity index is 1.68. The molecule has 1 aliphatic rings. The van der Waals surface area contributed by atoms with Crippen LogP contribution in [0.15, 0.2) is 30.3 Å². The van der Waals surface area contributed by atoms with E-state index in [1.807, 2.05) is 23.1 Å². The number of hydrogen-bond acceptors (Lipinski definition) is 4. The number of thioether (sulfide) groups is 1. The summed E-state index contributed by atoms with van der Waals surface area (Å²) in [6.07, 6.45) is 7.83. The third kappa shape index (κ3) is 8.65. The molecule has 2 N–H and O–H groups in total. The molecular weight excluding hydrogens is 374 g/mol. The average molecular weight is 408 g/mol. The molecule has 1 aromatic rings. The van der Waals surface area contributed by atoms with Gasteiger partial charge in [-0.2, -0.15) is 0 Å². The first-order valence-corrected chi connectivity index (χ1v) is 11.5. The summed E-state index contributed by atoms with van der Waals surface area (Å²) >= 11 is 1.55. The fraction of sp³-hybridized carbons (Fsp3) is 0.636. The lowest BCUT2D eigenvalue weighted by Crippen LogP contribution is -2.44. The molecule has 1 amide bonds. The van der Waals surface area contributed by atoms with Gasteiger partial charge in [-0.15, -0.1) is 11.8 Å². The van der Waals surface area contributed by atoms with Gasteiger partial charge in [-0.1, -0.05) is 43.2 Å². The monoisotopic (exact) mass is 407 g/mol. The Labute approximate surface area is 172 Å². The topological polar surface area (TPSA) is 77.8 Å². The maximum absolute atomic E-state index is 12.3. The lowest BCUT2D eigenvalue weighted by atomic mass is 9.97. The van der Waals surface area contributed by atoms with E-state index < -0.39 is 11.4 Å². The van der Waals surface area contributed by atoms with Crippen molar-refractivity contribution in [1.29, 1.82) is 0 Å². The molecule has 0 radical (unpaired) electrons. The van der Waals surface area contributed by atoms with Crippen LogP contribution in [0.2, 0.25) is 0 Å². The van der Waals surface area contributed by atoms with Crippen LogP contribution < -0.4 is 0 Å². The molecule has 0 spiro atoms. The number of hydrogen-bond donors (Lipinski definition) is 2. The Morgan fingerprint density at radius 1 is 1.18 bits per heavy atom. The van der Waals surface area contributed by atoms with Crippen LogP contribution in [-0.2, 0) is 15.3 Å². The van der Waals surface area contributed by atoms with Gasteiger partial charge in [-0.3, -0.25) is 9.59 Å². The molecule has 1 fully saturated rings. The van der Waals surface area contributed by atoms with Gasteiger partial charge >= 0.3 is 5.97 Å². The van der Waals surface area contributed by atoms with Crippen molar-refractivity contribution in [2.45, 2.75) is 81.4 Å². The van der Waals surface area contributed by atoms with Crippen molar-refractivity contribution in [3.05, 3.63) is 35.9 Å². The van der Waals surface area contributed by atoms with Crippen molar-refractivity contribution in [3.63, 3.8) is 0 Å². The zero-order chi connectivity index (χ0) is 20.2. The average Bonchev–Trinajstić information content (AvgIpc) is 2.69. The molecule has 1 heterocycles. The summed E-state index contributed by atoms with van der Waals surface area (Å²) in [5, 5.41) is 19.0. The van der Waals surface area contributed by atoms with Crippen molar-refractivity contribution in [3.8, 4) is 0 Å². The van der Waals surface area contributed by atoms with Gasteiger partial charge in [0.05, 0.1) is 5.44 Å². The Morgan fingerprint density at radius 2 is 1.93 bits per heavy atom. The van der Waals surface area contributed by atoms with E-state index in [0.717, 1.165) is 50.8 Å². The minimum Gasteiger partial charge on any atom is -0.481 e. The number of carbonyl (C=O) groups excluding carboxylic acids is 1. The summed E-state index contributed by atoms with van der Waals surface area (Å²) in [4.78, 5) is 24.9. The third-order valence-corrected chi connectivity index (χ3v) is 6.38. The molecule has 0 bridgehead atoms. The van der Waals surface area contributed by atoms with Crippen LogP contribution >= 0.6 is 11.8 Å². The molecule has 1 unspecified atom stereocenters. The number of rotatable bonds is 13. The summed E-state index contributed by atoms with van der Waals surface area (Å²) in [5.74, 6) is 0.286. The number of carboxylic acids is 1. The van der Waals surface area contributed by atoms with Crippen molar-refractivity contribution in [2.75, 3.05) is 6.54 Å². The van der Waals surface area contributed by atoms with E-state index in [1.54, 1.807) is 11.8 Å². The van der Waals surface area contributed by atoms with Crippen LogP contribution in [0.25, 0.3) is 0 Å². The number of likely N-dealkylation sites (tertiary alicyclic amines) is 1. The maximum Gasteiger partial charge on any atom is 0.303 e. The number of aliphatic hydroxyl groups is 1. The standard InChI is InChI=1S/C22H33NO4S/c24-20-12-8-11-19(23(20)16-7-2-1-6-13-21(25)26)14-15-22(27)28-17-18-9-4-3-5-10-18/h3-5,9-10,19,22,27H,1-2,6-8,11-17H2,(H,25,26)/t19-,22?/m1/s1. The van der Waals surface area contributed by atoms with E-state index in [9.17, 15) is 14.7 Å². The SMILES string of the molecule is O=C(O)CCCCCCN1C(=O)CCC[C@@H]1CCC(O)SCc1ccccc1. The summed E-state index contributed by atoms with van der Waals surface area (Å²) in [5.41, 5.74) is 0.805. The first-order chi connectivity index (χ1) is 13.6. The number of aliphatic hydroxyl groups excluding tert-OH is 1. The number of aliphatic carboxylic acids is 1. The Bertz CT molecular complexity index is 595. The second-order valence-corrected chi connectivity index (χ2v) is 8.69. The predicted molar refractivity (Wildman–Crippen MR) is 113 cm³/mol. The van der Waals surface area contributed by atoms with E-state index in [0.29, 0.717) is 19.3 Å². The maximum atomic E-state index is 12.3. The van der Waals surface area contributed by atoms with Gasteiger partial charge in [0, 0.05) is 31.2 Å². The Kier molecular flexibility index (Phi) is 10.4. The second-order valence-electron chi connectivity index (χ2n) is 7.52. The number of amides is 1. The molecule has 28 heavy (non-hydrogen) atoms. The minimum atomic E-state index is -0.741. The first kappa shape index (κ1) is 22.8. The normalized spacial score (nSPS) is 18.2. The molecule has 2 rings (SSSR count). The van der Waals surface area contributed by atoms with Crippen LogP contribution in [0.5, 0.6) is 0 Å². The largest absolute Gasteiger partial charge is 0.481 e. The highest BCUT2D eigenvalue weighted by atomic mass is 32.2. The van der Waals surface area contributed by atoms with Crippen LogP contribution in [0, 0.1) is 0 Å². The van der Waals surface area contributed by atoms with E-state index in [4.69, 9.17) is 5.11 Å². The van der Waals surface area contributed by atoms with Gasteiger partial charge in [0.25, 0.3) is 0 Å². The van der Waals surface area contributed by atoms with Crippen molar-refractivity contribution in [1.82, 2.24) is 4.90 Å². The van der Waals surface area contributed by atoms with Gasteiger partial charge in [0.15, 0.2) is 0 Å².